The average molecular weight is 200 g/mol. The molecule has 0 aliphatic carbocycles. The Labute approximate surface area is 85.7 Å². The van der Waals surface area contributed by atoms with Crippen LogP contribution >= 0.6 is 0 Å². The van der Waals surface area contributed by atoms with Crippen LogP contribution in [-0.4, -0.2) is 35.8 Å². The van der Waals surface area contributed by atoms with Gasteiger partial charge in [0.15, 0.2) is 0 Å². The van der Waals surface area contributed by atoms with Gasteiger partial charge in [-0.2, -0.15) is 0 Å². The van der Waals surface area contributed by atoms with Gasteiger partial charge in [0, 0.05) is 19.0 Å². The molecule has 0 saturated heterocycles. The van der Waals surface area contributed by atoms with Crippen LogP contribution in [0.3, 0.4) is 0 Å². The van der Waals surface area contributed by atoms with Gasteiger partial charge in [0.05, 0.1) is 6.54 Å². The molecular weight excluding hydrogens is 180 g/mol. The molecule has 14 heavy (non-hydrogen) atoms. The standard InChI is InChI=1S/C10H20N2O2/c1-6-9(14)12(5)7-8(13)11-10(2,3)4/h6-7H2,1-5H3,(H,11,13). The monoisotopic (exact) mass is 200 g/mol. The van der Waals surface area contributed by atoms with Gasteiger partial charge in [0.2, 0.25) is 11.8 Å². The van der Waals surface area contributed by atoms with E-state index in [-0.39, 0.29) is 23.9 Å². The maximum absolute atomic E-state index is 11.4. The molecule has 0 saturated carbocycles. The zero-order valence-corrected chi connectivity index (χ0v) is 9.68. The van der Waals surface area contributed by atoms with Crippen LogP contribution in [0.2, 0.25) is 0 Å². The maximum atomic E-state index is 11.4. The molecule has 2 amide bonds. The molecule has 0 aromatic rings. The van der Waals surface area contributed by atoms with Gasteiger partial charge in [-0.1, -0.05) is 6.92 Å². The molecule has 0 bridgehead atoms. The van der Waals surface area contributed by atoms with E-state index in [0.29, 0.717) is 6.42 Å². The number of carbonyl (C=O) groups is 2. The Morgan fingerprint density at radius 3 is 2.14 bits per heavy atom. The molecule has 0 atom stereocenters. The van der Waals surface area contributed by atoms with E-state index < -0.39 is 0 Å². The summed E-state index contributed by atoms with van der Waals surface area (Å²) in [7, 11) is 1.63. The SMILES string of the molecule is CCC(=O)N(C)CC(=O)NC(C)(C)C. The lowest BCUT2D eigenvalue weighted by Crippen LogP contribution is -2.46. The number of nitrogens with one attached hydrogen (secondary N) is 1. The van der Waals surface area contributed by atoms with E-state index in [1.165, 1.54) is 4.90 Å². The third-order valence-corrected chi connectivity index (χ3v) is 1.62. The van der Waals surface area contributed by atoms with Gasteiger partial charge in [0.1, 0.15) is 0 Å². The Morgan fingerprint density at radius 2 is 1.79 bits per heavy atom. The molecule has 1 N–H and O–H groups in total. The minimum atomic E-state index is -0.243. The van der Waals surface area contributed by atoms with E-state index >= 15 is 0 Å². The van der Waals surface area contributed by atoms with Gasteiger partial charge in [0.25, 0.3) is 0 Å². The van der Waals surface area contributed by atoms with Crippen LogP contribution in [-0.2, 0) is 9.59 Å². The van der Waals surface area contributed by atoms with Crippen molar-refractivity contribution in [3.8, 4) is 0 Å². The fourth-order valence-electron chi connectivity index (χ4n) is 1.03. The largest absolute Gasteiger partial charge is 0.350 e. The summed E-state index contributed by atoms with van der Waals surface area (Å²) in [4.78, 5) is 24.0. The number of hydrogen-bond donors (Lipinski definition) is 1. The fourth-order valence-corrected chi connectivity index (χ4v) is 1.03. The summed E-state index contributed by atoms with van der Waals surface area (Å²) >= 11 is 0. The van der Waals surface area contributed by atoms with Gasteiger partial charge in [-0.15, -0.1) is 0 Å². The van der Waals surface area contributed by atoms with Gasteiger partial charge >= 0.3 is 0 Å². The molecule has 0 rings (SSSR count). The summed E-state index contributed by atoms with van der Waals surface area (Å²) in [6, 6.07) is 0. The molecule has 0 aliphatic rings. The van der Waals surface area contributed by atoms with Crippen LogP contribution in [0.1, 0.15) is 34.1 Å². The highest BCUT2D eigenvalue weighted by Crippen LogP contribution is 1.98. The molecule has 0 spiro atoms. The maximum Gasteiger partial charge on any atom is 0.240 e. The Balaban J connectivity index is 4.01. The number of hydrogen-bond acceptors (Lipinski definition) is 2. The second-order valence-corrected chi connectivity index (χ2v) is 4.40. The summed E-state index contributed by atoms with van der Waals surface area (Å²) in [6.45, 7) is 7.63. The molecule has 0 fully saturated rings. The highest BCUT2D eigenvalue weighted by molar-refractivity contribution is 5.84. The molecule has 0 radical (unpaired) electrons. The van der Waals surface area contributed by atoms with Crippen molar-refractivity contribution in [3.63, 3.8) is 0 Å². The van der Waals surface area contributed by atoms with E-state index in [0.717, 1.165) is 0 Å². The third kappa shape index (κ3) is 5.56. The molecule has 0 aliphatic heterocycles. The highest BCUT2D eigenvalue weighted by Gasteiger charge is 2.16. The summed E-state index contributed by atoms with van der Waals surface area (Å²) in [5, 5.41) is 2.80. The Bertz CT molecular complexity index is 219. The minimum Gasteiger partial charge on any atom is -0.350 e. The number of amides is 2. The van der Waals surface area contributed by atoms with Crippen molar-refractivity contribution in [3.05, 3.63) is 0 Å². The van der Waals surface area contributed by atoms with Crippen molar-refractivity contribution in [2.45, 2.75) is 39.7 Å². The first kappa shape index (κ1) is 12.9. The Morgan fingerprint density at radius 1 is 1.29 bits per heavy atom. The Kier molecular flexibility index (Phi) is 4.60. The molecule has 4 nitrogen and oxygen atoms in total. The lowest BCUT2D eigenvalue weighted by molar-refractivity contribution is -0.135. The zero-order valence-electron chi connectivity index (χ0n) is 9.68. The van der Waals surface area contributed by atoms with Crippen molar-refractivity contribution in [1.82, 2.24) is 10.2 Å². The lowest BCUT2D eigenvalue weighted by atomic mass is 10.1. The lowest BCUT2D eigenvalue weighted by Gasteiger charge is -2.23. The minimum absolute atomic E-state index is 0.0194. The van der Waals surface area contributed by atoms with E-state index in [1.54, 1.807) is 14.0 Å². The molecule has 0 unspecified atom stereocenters. The Hall–Kier alpha value is -1.06. The van der Waals surface area contributed by atoms with Crippen LogP contribution in [0.25, 0.3) is 0 Å². The highest BCUT2D eigenvalue weighted by atomic mass is 16.2. The molecule has 82 valence electrons. The summed E-state index contributed by atoms with van der Waals surface area (Å²) in [5.41, 5.74) is -0.243. The molecule has 0 aromatic carbocycles. The predicted molar refractivity (Wildman–Crippen MR) is 55.8 cm³/mol. The van der Waals surface area contributed by atoms with Crippen molar-refractivity contribution < 1.29 is 9.59 Å². The van der Waals surface area contributed by atoms with E-state index in [9.17, 15) is 9.59 Å². The van der Waals surface area contributed by atoms with Crippen molar-refractivity contribution in [2.75, 3.05) is 13.6 Å². The predicted octanol–water partition coefficient (Wildman–Crippen LogP) is 0.769. The normalized spacial score (nSPS) is 10.9. The summed E-state index contributed by atoms with van der Waals surface area (Å²) < 4.78 is 0. The van der Waals surface area contributed by atoms with Crippen LogP contribution < -0.4 is 5.32 Å². The van der Waals surface area contributed by atoms with Gasteiger partial charge in [-0.05, 0) is 20.8 Å². The smallest absolute Gasteiger partial charge is 0.240 e. The van der Waals surface area contributed by atoms with Gasteiger partial charge in [-0.3, -0.25) is 9.59 Å². The molecule has 0 aromatic heterocycles. The summed E-state index contributed by atoms with van der Waals surface area (Å²) in [5.74, 6) is -0.143. The van der Waals surface area contributed by atoms with Crippen LogP contribution in [0.4, 0.5) is 0 Å². The van der Waals surface area contributed by atoms with Crippen LogP contribution in [0.5, 0.6) is 0 Å². The number of nitrogens with zero attached hydrogens (tertiary/aromatic N) is 1. The van der Waals surface area contributed by atoms with Crippen molar-refractivity contribution in [1.29, 1.82) is 0 Å². The first-order chi connectivity index (χ1) is 6.26. The average Bonchev–Trinajstić information content (AvgIpc) is 1.99. The van der Waals surface area contributed by atoms with E-state index in [4.69, 9.17) is 0 Å². The second kappa shape index (κ2) is 4.98. The molecule has 0 heterocycles. The molecular formula is C10H20N2O2. The fraction of sp³-hybridized carbons (Fsp3) is 0.800. The third-order valence-electron chi connectivity index (χ3n) is 1.62. The molecule has 4 heteroatoms. The first-order valence-corrected chi connectivity index (χ1v) is 4.81. The van der Waals surface area contributed by atoms with Gasteiger partial charge < -0.3 is 10.2 Å². The topological polar surface area (TPSA) is 49.4 Å². The number of likely N-dealkylation sites (N-methyl/N-ethyl adjacent to an activating group) is 1. The zero-order chi connectivity index (χ0) is 11.4. The quantitative estimate of drug-likeness (QED) is 0.731. The number of rotatable bonds is 3. The van der Waals surface area contributed by atoms with Crippen LogP contribution in [0.15, 0.2) is 0 Å². The van der Waals surface area contributed by atoms with Crippen molar-refractivity contribution in [2.24, 2.45) is 0 Å². The number of carbonyl (C=O) groups excluding carboxylic acids is 2. The van der Waals surface area contributed by atoms with E-state index in [1.807, 2.05) is 20.8 Å². The van der Waals surface area contributed by atoms with Gasteiger partial charge in [-0.25, -0.2) is 0 Å². The van der Waals surface area contributed by atoms with E-state index in [2.05, 4.69) is 5.32 Å². The second-order valence-electron chi connectivity index (χ2n) is 4.40. The summed E-state index contributed by atoms with van der Waals surface area (Å²) in [6.07, 6.45) is 0.430. The van der Waals surface area contributed by atoms with Crippen molar-refractivity contribution >= 4 is 11.8 Å². The van der Waals surface area contributed by atoms with Crippen LogP contribution in [0, 0.1) is 0 Å². The first-order valence-electron chi connectivity index (χ1n) is 4.81.